The molecule has 1 N–H and O–H groups in total. The maximum Gasteiger partial charge on any atom is 0.124 e. The third-order valence-corrected chi connectivity index (χ3v) is 5.64. The predicted molar refractivity (Wildman–Crippen MR) is 84.0 cm³/mol. The topological polar surface area (TPSA) is 29.9 Å². The number of hydrogen-bond acceptors (Lipinski definition) is 2. The minimum Gasteiger partial charge on any atom is -0.370 e. The Morgan fingerprint density at radius 2 is 2.15 bits per heavy atom. The number of anilines is 1. The molecule has 112 valence electrons. The molecule has 1 aromatic heterocycles. The van der Waals surface area contributed by atoms with Crippen LogP contribution in [0.4, 0.5) is 5.82 Å². The third kappa shape index (κ3) is 2.47. The first kappa shape index (κ1) is 14.0. The molecule has 3 nitrogen and oxygen atoms in total. The predicted octanol–water partition coefficient (Wildman–Crippen LogP) is 4.26. The van der Waals surface area contributed by atoms with E-state index in [1.807, 2.05) is 0 Å². The van der Waals surface area contributed by atoms with Crippen molar-refractivity contribution in [1.82, 2.24) is 9.78 Å². The van der Waals surface area contributed by atoms with E-state index in [0.717, 1.165) is 13.0 Å². The highest BCUT2D eigenvalue weighted by Gasteiger charge is 2.47. The second-order valence-corrected chi connectivity index (χ2v) is 8.32. The third-order valence-electron chi connectivity index (χ3n) is 5.64. The largest absolute Gasteiger partial charge is 0.370 e. The van der Waals surface area contributed by atoms with Gasteiger partial charge in [-0.15, -0.1) is 0 Å². The minimum absolute atomic E-state index is 0.347. The van der Waals surface area contributed by atoms with Crippen LogP contribution in [0, 0.1) is 16.7 Å². The van der Waals surface area contributed by atoms with Crippen molar-refractivity contribution in [2.75, 3.05) is 11.9 Å². The molecule has 1 fully saturated rings. The number of nitrogens with one attached hydrogen (secondary N) is 1. The summed E-state index contributed by atoms with van der Waals surface area (Å²) in [7, 11) is 0. The number of rotatable bonds is 3. The van der Waals surface area contributed by atoms with Gasteiger partial charge in [0.05, 0.1) is 11.7 Å². The van der Waals surface area contributed by atoms with Crippen molar-refractivity contribution in [3.05, 3.63) is 11.8 Å². The Hall–Kier alpha value is -0.990. The fourth-order valence-corrected chi connectivity index (χ4v) is 3.17. The Morgan fingerprint density at radius 3 is 2.75 bits per heavy atom. The molecule has 3 rings (SSSR count). The molecule has 1 aliphatic heterocycles. The van der Waals surface area contributed by atoms with Crippen molar-refractivity contribution >= 4 is 5.82 Å². The summed E-state index contributed by atoms with van der Waals surface area (Å²) in [4.78, 5) is 0. The lowest BCUT2D eigenvalue weighted by atomic mass is 9.79. The number of hydrogen-bond donors (Lipinski definition) is 1. The summed E-state index contributed by atoms with van der Waals surface area (Å²) in [5.74, 6) is 1.89. The summed E-state index contributed by atoms with van der Waals surface area (Å²) in [6, 6.07) is 2.89. The first-order valence-electron chi connectivity index (χ1n) is 8.12. The van der Waals surface area contributed by atoms with Gasteiger partial charge in [-0.05, 0) is 42.4 Å². The van der Waals surface area contributed by atoms with Crippen LogP contribution in [0.2, 0.25) is 0 Å². The number of aromatic nitrogens is 2. The van der Waals surface area contributed by atoms with Gasteiger partial charge in [0.2, 0.25) is 0 Å². The molecule has 20 heavy (non-hydrogen) atoms. The van der Waals surface area contributed by atoms with Gasteiger partial charge in [0.15, 0.2) is 0 Å². The van der Waals surface area contributed by atoms with Crippen LogP contribution in [0.25, 0.3) is 0 Å². The first-order chi connectivity index (χ1) is 9.29. The van der Waals surface area contributed by atoms with Crippen LogP contribution in [0.15, 0.2) is 6.07 Å². The highest BCUT2D eigenvalue weighted by Crippen LogP contribution is 2.56. The van der Waals surface area contributed by atoms with E-state index in [9.17, 15) is 0 Å². The Kier molecular flexibility index (Phi) is 3.15. The Bertz CT molecular complexity index is 491. The van der Waals surface area contributed by atoms with E-state index >= 15 is 0 Å². The molecule has 3 heteroatoms. The summed E-state index contributed by atoms with van der Waals surface area (Å²) in [5.41, 5.74) is 2.11. The van der Waals surface area contributed by atoms with E-state index in [1.54, 1.807) is 0 Å². The van der Waals surface area contributed by atoms with E-state index in [0.29, 0.717) is 22.8 Å². The second-order valence-electron chi connectivity index (χ2n) is 8.32. The molecule has 1 aromatic rings. The lowest BCUT2D eigenvalue weighted by molar-refractivity contribution is 0.254. The molecule has 0 aromatic carbocycles. The van der Waals surface area contributed by atoms with Crippen LogP contribution in [0.5, 0.6) is 0 Å². The molecule has 0 amide bonds. The van der Waals surface area contributed by atoms with E-state index in [-0.39, 0.29) is 0 Å². The molecule has 1 saturated carbocycles. The molecule has 2 atom stereocenters. The number of fused-ring (bicyclic) bond motifs is 1. The van der Waals surface area contributed by atoms with Crippen molar-refractivity contribution in [3.8, 4) is 0 Å². The van der Waals surface area contributed by atoms with Crippen molar-refractivity contribution in [2.45, 2.75) is 66.3 Å². The van der Waals surface area contributed by atoms with Gasteiger partial charge < -0.3 is 5.32 Å². The molecule has 0 spiro atoms. The van der Waals surface area contributed by atoms with Gasteiger partial charge in [0.25, 0.3) is 0 Å². The molecular formula is C17H29N3. The van der Waals surface area contributed by atoms with Crippen LogP contribution in [0.3, 0.4) is 0 Å². The molecule has 2 unspecified atom stereocenters. The molecule has 0 radical (unpaired) electrons. The van der Waals surface area contributed by atoms with Crippen LogP contribution < -0.4 is 5.32 Å². The quantitative estimate of drug-likeness (QED) is 0.893. The average Bonchev–Trinajstić information content (AvgIpc) is 2.97. The smallest absolute Gasteiger partial charge is 0.124 e. The van der Waals surface area contributed by atoms with Gasteiger partial charge >= 0.3 is 0 Å². The molecule has 0 bridgehead atoms. The van der Waals surface area contributed by atoms with Crippen LogP contribution in [-0.2, 0) is 6.42 Å². The highest BCUT2D eigenvalue weighted by molar-refractivity contribution is 5.40. The molecule has 0 saturated heterocycles. The SMILES string of the molecule is CC(Cc1cc2n(n1)C(C1(C)CC1)CCN2)C(C)(C)C. The van der Waals surface area contributed by atoms with Crippen LogP contribution in [-0.4, -0.2) is 16.3 Å². The normalized spacial score (nSPS) is 25.8. The van der Waals surface area contributed by atoms with E-state index < -0.39 is 0 Å². The van der Waals surface area contributed by atoms with Gasteiger partial charge in [-0.1, -0.05) is 34.6 Å². The van der Waals surface area contributed by atoms with E-state index in [4.69, 9.17) is 5.10 Å². The lowest BCUT2D eigenvalue weighted by Crippen LogP contribution is -2.28. The van der Waals surface area contributed by atoms with Gasteiger partial charge in [-0.2, -0.15) is 5.10 Å². The summed E-state index contributed by atoms with van der Waals surface area (Å²) < 4.78 is 2.29. The van der Waals surface area contributed by atoms with Crippen molar-refractivity contribution in [1.29, 1.82) is 0 Å². The first-order valence-corrected chi connectivity index (χ1v) is 8.12. The van der Waals surface area contributed by atoms with Crippen molar-refractivity contribution in [3.63, 3.8) is 0 Å². The van der Waals surface area contributed by atoms with Gasteiger partial charge in [-0.25, -0.2) is 4.68 Å². The zero-order valence-electron chi connectivity index (χ0n) is 13.7. The van der Waals surface area contributed by atoms with Crippen LogP contribution in [0.1, 0.15) is 65.6 Å². The molecule has 2 aliphatic rings. The lowest BCUT2D eigenvalue weighted by Gasteiger charge is -2.30. The van der Waals surface area contributed by atoms with Crippen molar-refractivity contribution < 1.29 is 0 Å². The summed E-state index contributed by atoms with van der Waals surface area (Å²) in [5, 5.41) is 8.47. The van der Waals surface area contributed by atoms with Crippen LogP contribution >= 0.6 is 0 Å². The Labute approximate surface area is 123 Å². The molecule has 2 heterocycles. The Balaban J connectivity index is 1.81. The Morgan fingerprint density at radius 1 is 1.45 bits per heavy atom. The number of nitrogens with zero attached hydrogens (tertiary/aromatic N) is 2. The average molecular weight is 275 g/mol. The molecular weight excluding hydrogens is 246 g/mol. The summed E-state index contributed by atoms with van der Waals surface area (Å²) in [6.07, 6.45) is 5.03. The zero-order valence-corrected chi connectivity index (χ0v) is 13.7. The summed E-state index contributed by atoms with van der Waals surface area (Å²) >= 11 is 0. The van der Waals surface area contributed by atoms with Gasteiger partial charge in [0.1, 0.15) is 5.82 Å². The standard InChI is InChI=1S/C17H29N3/c1-12(16(2,3)4)10-13-11-15-18-9-6-14(20(15)19-13)17(5)7-8-17/h11-12,14,18H,6-10H2,1-5H3. The van der Waals surface area contributed by atoms with E-state index in [2.05, 4.69) is 50.7 Å². The fourth-order valence-electron chi connectivity index (χ4n) is 3.17. The molecule has 1 aliphatic carbocycles. The van der Waals surface area contributed by atoms with Gasteiger partial charge in [0, 0.05) is 12.6 Å². The summed E-state index contributed by atoms with van der Waals surface area (Å²) in [6.45, 7) is 12.8. The van der Waals surface area contributed by atoms with Crippen molar-refractivity contribution in [2.24, 2.45) is 16.7 Å². The maximum absolute atomic E-state index is 4.95. The second kappa shape index (κ2) is 4.51. The maximum atomic E-state index is 4.95. The fraction of sp³-hybridized carbons (Fsp3) is 0.824. The highest BCUT2D eigenvalue weighted by atomic mass is 15.4. The monoisotopic (exact) mass is 275 g/mol. The van der Waals surface area contributed by atoms with E-state index in [1.165, 1.54) is 30.8 Å². The zero-order chi connectivity index (χ0) is 14.5. The minimum atomic E-state index is 0.347. The van der Waals surface area contributed by atoms with Gasteiger partial charge in [-0.3, -0.25) is 0 Å².